The van der Waals surface area contributed by atoms with Gasteiger partial charge in [-0.2, -0.15) is 5.10 Å². The van der Waals surface area contributed by atoms with Gasteiger partial charge in [0.25, 0.3) is 5.69 Å². The van der Waals surface area contributed by atoms with E-state index in [1.807, 2.05) is 48.7 Å². The Balaban J connectivity index is 1.71. The van der Waals surface area contributed by atoms with Gasteiger partial charge < -0.3 is 0 Å². The Labute approximate surface area is 178 Å². The number of pyridine rings is 1. The van der Waals surface area contributed by atoms with Crippen molar-refractivity contribution in [1.29, 1.82) is 0 Å². The van der Waals surface area contributed by atoms with Crippen LogP contribution in [-0.2, 0) is 0 Å². The van der Waals surface area contributed by atoms with Crippen LogP contribution < -0.4 is 0 Å². The van der Waals surface area contributed by atoms with Gasteiger partial charge in [-0.1, -0.05) is 30.3 Å². The van der Waals surface area contributed by atoms with Crippen LogP contribution in [0.15, 0.2) is 85.3 Å². The zero-order valence-electron chi connectivity index (χ0n) is 16.7. The first-order valence-corrected chi connectivity index (χ1v) is 9.56. The summed E-state index contributed by atoms with van der Waals surface area (Å²) in [6, 6.07) is 17.8. The number of ketones is 1. The molecule has 0 saturated carbocycles. The minimum Gasteiger partial charge on any atom is -0.289 e. The van der Waals surface area contributed by atoms with Gasteiger partial charge in [0.15, 0.2) is 5.78 Å². The first kappa shape index (κ1) is 19.9. The molecule has 0 N–H and O–H groups in total. The van der Waals surface area contributed by atoms with Crippen molar-refractivity contribution in [3.8, 4) is 16.9 Å². The highest BCUT2D eigenvalue weighted by molar-refractivity contribution is 6.07. The molecule has 152 valence electrons. The predicted octanol–water partition coefficient (Wildman–Crippen LogP) is 5.05. The first-order chi connectivity index (χ1) is 15.0. The molecule has 2 aromatic carbocycles. The van der Waals surface area contributed by atoms with Gasteiger partial charge in [0, 0.05) is 46.9 Å². The lowest BCUT2D eigenvalue weighted by Crippen LogP contribution is -1.98. The SMILES string of the molecule is Cc1ccc(C(=O)/C=C/c2cn(-c3ccccc3)nc2-c2cccnc2)cc1[N+](=O)[O-]. The summed E-state index contributed by atoms with van der Waals surface area (Å²) in [5.74, 6) is -0.326. The number of hydrogen-bond donors (Lipinski definition) is 0. The van der Waals surface area contributed by atoms with E-state index in [0.29, 0.717) is 11.3 Å². The van der Waals surface area contributed by atoms with Crippen LogP contribution in [0, 0.1) is 17.0 Å². The molecule has 0 aliphatic rings. The second-order valence-electron chi connectivity index (χ2n) is 6.91. The van der Waals surface area contributed by atoms with Gasteiger partial charge in [0.1, 0.15) is 5.69 Å². The number of nitro groups is 1. The molecule has 2 aromatic heterocycles. The van der Waals surface area contributed by atoms with Crippen molar-refractivity contribution >= 4 is 17.5 Å². The maximum atomic E-state index is 12.7. The van der Waals surface area contributed by atoms with Gasteiger partial charge in [-0.15, -0.1) is 0 Å². The van der Waals surface area contributed by atoms with Crippen LogP contribution >= 0.6 is 0 Å². The quantitative estimate of drug-likeness (QED) is 0.192. The largest absolute Gasteiger partial charge is 0.289 e. The lowest BCUT2D eigenvalue weighted by atomic mass is 10.0. The highest BCUT2D eigenvalue weighted by Crippen LogP contribution is 2.25. The molecule has 7 nitrogen and oxygen atoms in total. The van der Waals surface area contributed by atoms with Crippen molar-refractivity contribution in [2.75, 3.05) is 0 Å². The van der Waals surface area contributed by atoms with Gasteiger partial charge in [0.2, 0.25) is 0 Å². The fourth-order valence-electron chi connectivity index (χ4n) is 3.17. The lowest BCUT2D eigenvalue weighted by Gasteiger charge is -2.00. The number of nitrogens with zero attached hydrogens (tertiary/aromatic N) is 4. The van der Waals surface area contributed by atoms with E-state index in [-0.39, 0.29) is 17.0 Å². The number of rotatable bonds is 6. The zero-order valence-corrected chi connectivity index (χ0v) is 16.7. The normalized spacial score (nSPS) is 11.0. The van der Waals surface area contributed by atoms with E-state index in [2.05, 4.69) is 10.1 Å². The number of aryl methyl sites for hydroxylation is 1. The van der Waals surface area contributed by atoms with Crippen LogP contribution in [0.4, 0.5) is 5.69 Å². The highest BCUT2D eigenvalue weighted by Gasteiger charge is 2.15. The number of carbonyl (C=O) groups is 1. The Bertz CT molecular complexity index is 1280. The lowest BCUT2D eigenvalue weighted by molar-refractivity contribution is -0.385. The van der Waals surface area contributed by atoms with Gasteiger partial charge in [-0.3, -0.25) is 19.9 Å². The van der Waals surface area contributed by atoms with Crippen LogP contribution in [0.1, 0.15) is 21.5 Å². The second-order valence-corrected chi connectivity index (χ2v) is 6.91. The molecule has 0 unspecified atom stereocenters. The molecule has 0 radical (unpaired) electrons. The van der Waals surface area contributed by atoms with E-state index in [9.17, 15) is 14.9 Å². The third-order valence-corrected chi connectivity index (χ3v) is 4.80. The van der Waals surface area contributed by atoms with E-state index in [0.717, 1.165) is 16.8 Å². The summed E-state index contributed by atoms with van der Waals surface area (Å²) in [5.41, 5.74) is 3.79. The molecule has 0 aliphatic heterocycles. The summed E-state index contributed by atoms with van der Waals surface area (Å²) in [5, 5.41) is 15.8. The van der Waals surface area contributed by atoms with Crippen molar-refractivity contribution in [3.05, 3.63) is 112 Å². The van der Waals surface area contributed by atoms with E-state index in [4.69, 9.17) is 0 Å². The molecule has 0 fully saturated rings. The van der Waals surface area contributed by atoms with Gasteiger partial charge in [-0.05, 0) is 43.3 Å². The van der Waals surface area contributed by atoms with E-state index >= 15 is 0 Å². The summed E-state index contributed by atoms with van der Waals surface area (Å²) in [6.07, 6.45) is 8.30. The number of allylic oxidation sites excluding steroid dienone is 1. The Morgan fingerprint density at radius 1 is 1.10 bits per heavy atom. The third kappa shape index (κ3) is 4.30. The first-order valence-electron chi connectivity index (χ1n) is 9.56. The topological polar surface area (TPSA) is 90.9 Å². The highest BCUT2D eigenvalue weighted by atomic mass is 16.6. The predicted molar refractivity (Wildman–Crippen MR) is 118 cm³/mol. The van der Waals surface area contributed by atoms with E-state index < -0.39 is 4.92 Å². The van der Waals surface area contributed by atoms with Crippen LogP contribution in [-0.4, -0.2) is 25.5 Å². The molecule has 31 heavy (non-hydrogen) atoms. The minimum absolute atomic E-state index is 0.0767. The summed E-state index contributed by atoms with van der Waals surface area (Å²) in [4.78, 5) is 27.5. The number of aromatic nitrogens is 3. The van der Waals surface area contributed by atoms with Gasteiger partial charge in [-0.25, -0.2) is 4.68 Å². The average molecular weight is 410 g/mol. The summed E-state index contributed by atoms with van der Waals surface area (Å²) >= 11 is 0. The Morgan fingerprint density at radius 3 is 2.61 bits per heavy atom. The van der Waals surface area contributed by atoms with E-state index in [1.165, 1.54) is 12.1 Å². The van der Waals surface area contributed by atoms with Crippen molar-refractivity contribution < 1.29 is 9.72 Å². The average Bonchev–Trinajstić information content (AvgIpc) is 3.23. The van der Waals surface area contributed by atoms with Crippen LogP contribution in [0.25, 0.3) is 23.0 Å². The number of hydrogen-bond acceptors (Lipinski definition) is 5. The number of nitro benzene ring substituents is 1. The van der Waals surface area contributed by atoms with Gasteiger partial charge in [0.05, 0.1) is 10.6 Å². The number of carbonyl (C=O) groups excluding carboxylic acids is 1. The van der Waals surface area contributed by atoms with Crippen LogP contribution in [0.2, 0.25) is 0 Å². The maximum absolute atomic E-state index is 12.7. The number of benzene rings is 2. The van der Waals surface area contributed by atoms with Crippen molar-refractivity contribution in [2.24, 2.45) is 0 Å². The molecule has 0 amide bonds. The summed E-state index contributed by atoms with van der Waals surface area (Å²) in [7, 11) is 0. The molecule has 0 atom stereocenters. The Hall–Kier alpha value is -4.39. The fraction of sp³-hybridized carbons (Fsp3) is 0.0417. The van der Waals surface area contributed by atoms with Crippen LogP contribution in [0.3, 0.4) is 0 Å². The van der Waals surface area contributed by atoms with Crippen molar-refractivity contribution in [1.82, 2.24) is 14.8 Å². The summed E-state index contributed by atoms with van der Waals surface area (Å²) in [6.45, 7) is 1.64. The molecule has 0 saturated heterocycles. The van der Waals surface area contributed by atoms with Crippen molar-refractivity contribution in [3.63, 3.8) is 0 Å². The van der Waals surface area contributed by atoms with Gasteiger partial charge >= 0.3 is 0 Å². The minimum atomic E-state index is -0.486. The molecule has 7 heteroatoms. The zero-order chi connectivity index (χ0) is 21.8. The molecular formula is C24H18N4O3. The molecule has 4 rings (SSSR count). The Morgan fingerprint density at radius 2 is 1.90 bits per heavy atom. The van der Waals surface area contributed by atoms with Crippen molar-refractivity contribution in [2.45, 2.75) is 6.92 Å². The molecule has 0 bridgehead atoms. The number of para-hydroxylation sites is 1. The molecular weight excluding hydrogens is 392 g/mol. The summed E-state index contributed by atoms with van der Waals surface area (Å²) < 4.78 is 1.74. The van der Waals surface area contributed by atoms with Crippen LogP contribution in [0.5, 0.6) is 0 Å². The fourth-order valence-corrected chi connectivity index (χ4v) is 3.17. The molecule has 0 aliphatic carbocycles. The molecule has 0 spiro atoms. The molecule has 2 heterocycles. The smallest absolute Gasteiger partial charge is 0.273 e. The maximum Gasteiger partial charge on any atom is 0.273 e. The molecule has 4 aromatic rings. The monoisotopic (exact) mass is 410 g/mol. The second kappa shape index (κ2) is 8.54. The standard InChI is InChI=1S/C24H18N4O3/c1-17-9-10-18(14-22(17)28(30)31)23(29)12-11-20-16-27(21-7-3-2-4-8-21)26-24(20)19-6-5-13-25-15-19/h2-16H,1H3/b12-11+. The Kier molecular flexibility index (Phi) is 5.49. The van der Waals surface area contributed by atoms with E-state index in [1.54, 1.807) is 42.2 Å². The third-order valence-electron chi connectivity index (χ3n) is 4.80.